The van der Waals surface area contributed by atoms with Crippen LogP contribution >= 0.6 is 15.9 Å². The second-order valence-corrected chi connectivity index (χ2v) is 5.48. The lowest BCUT2D eigenvalue weighted by molar-refractivity contribution is 0.0127. The van der Waals surface area contributed by atoms with Crippen LogP contribution < -0.4 is 5.73 Å². The molecule has 2 nitrogen and oxygen atoms in total. The highest BCUT2D eigenvalue weighted by atomic mass is 79.9. The molecule has 1 rings (SSSR count). The molecule has 0 saturated carbocycles. The molecule has 0 aliphatic carbocycles. The standard InChI is InChI=1S/C14H22BrNO/c1-4-17-14(10(2)3)13(16)9-11-7-5-6-8-12(11)15/h5-8,10,13-14H,4,9,16H2,1-3H3. The van der Waals surface area contributed by atoms with Crippen LogP contribution in [0.15, 0.2) is 28.7 Å². The minimum atomic E-state index is 0.0358. The Morgan fingerprint density at radius 3 is 2.47 bits per heavy atom. The van der Waals surface area contributed by atoms with Gasteiger partial charge in [-0.1, -0.05) is 48.0 Å². The molecule has 0 spiro atoms. The van der Waals surface area contributed by atoms with Crippen molar-refractivity contribution in [3.8, 4) is 0 Å². The van der Waals surface area contributed by atoms with Crippen LogP contribution in [0.1, 0.15) is 26.3 Å². The van der Waals surface area contributed by atoms with Crippen molar-refractivity contribution >= 4 is 15.9 Å². The molecular weight excluding hydrogens is 278 g/mol. The van der Waals surface area contributed by atoms with Crippen LogP contribution in [-0.4, -0.2) is 18.8 Å². The summed E-state index contributed by atoms with van der Waals surface area (Å²) in [5.74, 6) is 0.437. The topological polar surface area (TPSA) is 35.2 Å². The second kappa shape index (κ2) is 7.14. The van der Waals surface area contributed by atoms with Crippen LogP contribution in [0.3, 0.4) is 0 Å². The summed E-state index contributed by atoms with van der Waals surface area (Å²) in [6, 6.07) is 8.24. The molecule has 17 heavy (non-hydrogen) atoms. The van der Waals surface area contributed by atoms with Crippen molar-refractivity contribution in [2.24, 2.45) is 11.7 Å². The molecule has 0 aromatic heterocycles. The van der Waals surface area contributed by atoms with Gasteiger partial charge in [0, 0.05) is 17.1 Å². The number of benzene rings is 1. The first-order valence-electron chi connectivity index (χ1n) is 6.16. The fourth-order valence-corrected chi connectivity index (χ4v) is 2.48. The molecule has 0 saturated heterocycles. The van der Waals surface area contributed by atoms with Gasteiger partial charge in [-0.25, -0.2) is 0 Å². The van der Waals surface area contributed by atoms with Crippen LogP contribution in [0.4, 0.5) is 0 Å². The highest BCUT2D eigenvalue weighted by molar-refractivity contribution is 9.10. The lowest BCUT2D eigenvalue weighted by Gasteiger charge is -2.27. The Kier molecular flexibility index (Phi) is 6.17. The van der Waals surface area contributed by atoms with Crippen LogP contribution in [0.25, 0.3) is 0 Å². The molecule has 0 bridgehead atoms. The highest BCUT2D eigenvalue weighted by Crippen LogP contribution is 2.20. The fraction of sp³-hybridized carbons (Fsp3) is 0.571. The van der Waals surface area contributed by atoms with Gasteiger partial charge in [0.25, 0.3) is 0 Å². The van der Waals surface area contributed by atoms with E-state index in [1.54, 1.807) is 0 Å². The lowest BCUT2D eigenvalue weighted by Crippen LogP contribution is -2.42. The number of ether oxygens (including phenoxy) is 1. The van der Waals surface area contributed by atoms with Gasteiger partial charge in [-0.3, -0.25) is 0 Å². The third-order valence-corrected chi connectivity index (χ3v) is 3.63. The molecule has 0 fully saturated rings. The van der Waals surface area contributed by atoms with Gasteiger partial charge in [0.2, 0.25) is 0 Å². The van der Waals surface area contributed by atoms with Gasteiger partial charge in [-0.05, 0) is 30.9 Å². The van der Waals surface area contributed by atoms with E-state index in [4.69, 9.17) is 10.5 Å². The van der Waals surface area contributed by atoms with Gasteiger partial charge in [-0.2, -0.15) is 0 Å². The van der Waals surface area contributed by atoms with E-state index in [1.165, 1.54) is 5.56 Å². The molecule has 0 heterocycles. The Bertz CT molecular complexity index is 341. The Labute approximate surface area is 113 Å². The van der Waals surface area contributed by atoms with Crippen LogP contribution in [0, 0.1) is 5.92 Å². The van der Waals surface area contributed by atoms with Crippen LogP contribution in [-0.2, 0) is 11.2 Å². The summed E-state index contributed by atoms with van der Waals surface area (Å²) < 4.78 is 6.86. The molecule has 2 unspecified atom stereocenters. The average molecular weight is 300 g/mol. The first kappa shape index (κ1) is 14.7. The van der Waals surface area contributed by atoms with Crippen molar-refractivity contribution in [1.82, 2.24) is 0 Å². The summed E-state index contributed by atoms with van der Waals surface area (Å²) in [6.45, 7) is 7.04. The van der Waals surface area contributed by atoms with Gasteiger partial charge < -0.3 is 10.5 Å². The van der Waals surface area contributed by atoms with Gasteiger partial charge >= 0.3 is 0 Å². The summed E-state index contributed by atoms with van der Waals surface area (Å²) in [6.07, 6.45) is 0.955. The van der Waals surface area contributed by atoms with E-state index in [1.807, 2.05) is 25.1 Å². The van der Waals surface area contributed by atoms with E-state index >= 15 is 0 Å². The minimum absolute atomic E-state index is 0.0358. The van der Waals surface area contributed by atoms with E-state index in [0.717, 1.165) is 10.9 Å². The molecule has 3 heteroatoms. The Morgan fingerprint density at radius 2 is 1.94 bits per heavy atom. The quantitative estimate of drug-likeness (QED) is 0.874. The first-order chi connectivity index (χ1) is 8.06. The SMILES string of the molecule is CCOC(C(C)C)C(N)Cc1ccccc1Br. The normalized spacial score (nSPS) is 14.9. The van der Waals surface area contributed by atoms with Gasteiger partial charge in [0.05, 0.1) is 6.10 Å². The predicted molar refractivity (Wildman–Crippen MR) is 76.1 cm³/mol. The van der Waals surface area contributed by atoms with Crippen molar-refractivity contribution in [2.75, 3.05) is 6.61 Å². The number of halogens is 1. The first-order valence-corrected chi connectivity index (χ1v) is 6.96. The van der Waals surface area contributed by atoms with E-state index in [-0.39, 0.29) is 12.1 Å². The predicted octanol–water partition coefficient (Wildman–Crippen LogP) is 3.38. The lowest BCUT2D eigenvalue weighted by atomic mass is 9.94. The van der Waals surface area contributed by atoms with Gasteiger partial charge in [-0.15, -0.1) is 0 Å². The Hall–Kier alpha value is -0.380. The average Bonchev–Trinajstić information content (AvgIpc) is 2.28. The van der Waals surface area contributed by atoms with E-state index in [9.17, 15) is 0 Å². The maximum Gasteiger partial charge on any atom is 0.0751 e. The van der Waals surface area contributed by atoms with Crippen LogP contribution in [0.5, 0.6) is 0 Å². The maximum atomic E-state index is 6.26. The monoisotopic (exact) mass is 299 g/mol. The molecular formula is C14H22BrNO. The van der Waals surface area contributed by atoms with Gasteiger partial charge in [0.15, 0.2) is 0 Å². The summed E-state index contributed by atoms with van der Waals surface area (Å²) in [4.78, 5) is 0. The maximum absolute atomic E-state index is 6.26. The van der Waals surface area contributed by atoms with Crippen molar-refractivity contribution in [3.63, 3.8) is 0 Å². The number of nitrogens with two attached hydrogens (primary N) is 1. The van der Waals surface area contributed by atoms with Crippen molar-refractivity contribution in [3.05, 3.63) is 34.3 Å². The second-order valence-electron chi connectivity index (χ2n) is 4.62. The summed E-state index contributed by atoms with van der Waals surface area (Å²) >= 11 is 3.55. The zero-order valence-corrected chi connectivity index (χ0v) is 12.4. The fourth-order valence-electron chi connectivity index (χ4n) is 2.04. The molecule has 1 aromatic rings. The third-order valence-electron chi connectivity index (χ3n) is 2.85. The molecule has 1 aromatic carbocycles. The minimum Gasteiger partial charge on any atom is -0.377 e. The molecule has 0 amide bonds. The summed E-state index contributed by atoms with van der Waals surface area (Å²) in [7, 11) is 0. The van der Waals surface area contributed by atoms with E-state index in [2.05, 4.69) is 35.8 Å². The van der Waals surface area contributed by atoms with Gasteiger partial charge in [0.1, 0.15) is 0 Å². The number of hydrogen-bond donors (Lipinski definition) is 1. The van der Waals surface area contributed by atoms with Crippen molar-refractivity contribution in [2.45, 2.75) is 39.3 Å². The van der Waals surface area contributed by atoms with Crippen molar-refractivity contribution < 1.29 is 4.74 Å². The molecule has 96 valence electrons. The number of hydrogen-bond acceptors (Lipinski definition) is 2. The summed E-state index contributed by atoms with van der Waals surface area (Å²) in [5, 5.41) is 0. The molecule has 2 N–H and O–H groups in total. The Morgan fingerprint density at radius 1 is 1.29 bits per heavy atom. The number of rotatable bonds is 6. The molecule has 0 aliphatic rings. The smallest absolute Gasteiger partial charge is 0.0751 e. The Balaban J connectivity index is 2.69. The highest BCUT2D eigenvalue weighted by Gasteiger charge is 2.22. The molecule has 0 radical (unpaired) electrons. The zero-order valence-electron chi connectivity index (χ0n) is 10.8. The van der Waals surface area contributed by atoms with Crippen molar-refractivity contribution in [1.29, 1.82) is 0 Å². The summed E-state index contributed by atoms with van der Waals surface area (Å²) in [5.41, 5.74) is 7.50. The molecule has 0 aliphatic heterocycles. The zero-order chi connectivity index (χ0) is 12.8. The largest absolute Gasteiger partial charge is 0.377 e. The van der Waals surface area contributed by atoms with E-state index in [0.29, 0.717) is 12.5 Å². The third kappa shape index (κ3) is 4.41. The van der Waals surface area contributed by atoms with Crippen LogP contribution in [0.2, 0.25) is 0 Å². The van der Waals surface area contributed by atoms with E-state index < -0.39 is 0 Å². The molecule has 2 atom stereocenters.